The quantitative estimate of drug-likeness (QED) is 0.855. The molecule has 1 N–H and O–H groups in total. The van der Waals surface area contributed by atoms with Crippen molar-refractivity contribution in [2.24, 2.45) is 0 Å². The van der Waals surface area contributed by atoms with E-state index in [9.17, 15) is 18.0 Å². The Hall–Kier alpha value is -1.60. The first-order valence-corrected chi connectivity index (χ1v) is 4.58. The van der Waals surface area contributed by atoms with Gasteiger partial charge in [-0.2, -0.15) is 13.2 Å². The second-order valence-corrected chi connectivity index (χ2v) is 3.18. The zero-order valence-electron chi connectivity index (χ0n) is 8.80. The minimum absolute atomic E-state index is 0.0497. The third-order valence-corrected chi connectivity index (χ3v) is 1.83. The lowest BCUT2D eigenvalue weighted by Crippen LogP contribution is -2.39. The van der Waals surface area contributed by atoms with Gasteiger partial charge in [0.2, 0.25) is 5.82 Å². The summed E-state index contributed by atoms with van der Waals surface area (Å²) in [7, 11) is 0. The van der Waals surface area contributed by atoms with Gasteiger partial charge in [0, 0.05) is 6.54 Å². The van der Waals surface area contributed by atoms with Crippen molar-refractivity contribution in [1.82, 2.24) is 20.1 Å². The smallest absolute Gasteiger partial charge is 0.327 e. The highest BCUT2D eigenvalue weighted by Gasteiger charge is 2.33. The van der Waals surface area contributed by atoms with Gasteiger partial charge in [-0.15, -0.1) is 5.10 Å². The van der Waals surface area contributed by atoms with Gasteiger partial charge in [0.1, 0.15) is 12.4 Å². The second kappa shape index (κ2) is 4.50. The van der Waals surface area contributed by atoms with E-state index < -0.39 is 18.6 Å². The molecular weight excluding hydrogens is 225 g/mol. The van der Waals surface area contributed by atoms with E-state index >= 15 is 0 Å². The fraction of sp³-hybridized carbons (Fsp3) is 0.625. The number of halogens is 3. The van der Waals surface area contributed by atoms with Crippen molar-refractivity contribution >= 4 is 5.91 Å². The Kier molecular flexibility index (Phi) is 3.51. The predicted molar refractivity (Wildman–Crippen MR) is 48.8 cm³/mol. The Morgan fingerprint density at radius 3 is 2.50 bits per heavy atom. The Balaban J connectivity index is 2.78. The van der Waals surface area contributed by atoms with Crippen molar-refractivity contribution in [3.63, 3.8) is 0 Å². The molecule has 0 fully saturated rings. The number of carbonyl (C=O) groups excluding carboxylic acids is 1. The molecule has 1 aromatic heterocycles. The highest BCUT2D eigenvalue weighted by atomic mass is 19.4. The summed E-state index contributed by atoms with van der Waals surface area (Å²) in [5.74, 6) is -0.695. The fourth-order valence-corrected chi connectivity index (χ4v) is 1.12. The molecule has 0 atom stereocenters. The van der Waals surface area contributed by atoms with Crippen LogP contribution in [0.15, 0.2) is 0 Å². The van der Waals surface area contributed by atoms with E-state index in [1.807, 2.05) is 0 Å². The molecule has 0 aliphatic rings. The number of H-pyrrole nitrogens is 1. The van der Waals surface area contributed by atoms with E-state index in [1.54, 1.807) is 6.92 Å². The molecule has 1 amide bonds. The average molecular weight is 236 g/mol. The molecule has 0 unspecified atom stereocenters. The van der Waals surface area contributed by atoms with E-state index in [4.69, 9.17) is 0 Å². The summed E-state index contributed by atoms with van der Waals surface area (Å²) in [6, 6.07) is 0. The van der Waals surface area contributed by atoms with Crippen LogP contribution in [0.4, 0.5) is 13.2 Å². The van der Waals surface area contributed by atoms with Gasteiger partial charge in [-0.3, -0.25) is 9.89 Å². The van der Waals surface area contributed by atoms with Crippen molar-refractivity contribution in [3.05, 3.63) is 11.6 Å². The zero-order valence-corrected chi connectivity index (χ0v) is 8.80. The third-order valence-electron chi connectivity index (χ3n) is 1.83. The lowest BCUT2D eigenvalue weighted by atomic mass is 10.4. The molecule has 0 spiro atoms. The van der Waals surface area contributed by atoms with E-state index in [0.717, 1.165) is 0 Å². The fourth-order valence-electron chi connectivity index (χ4n) is 1.12. The Bertz CT molecular complexity index is 374. The van der Waals surface area contributed by atoms with Gasteiger partial charge in [-0.05, 0) is 13.8 Å². The maximum absolute atomic E-state index is 12.1. The molecule has 0 aliphatic heterocycles. The van der Waals surface area contributed by atoms with Gasteiger partial charge in [0.05, 0.1) is 0 Å². The Morgan fingerprint density at radius 2 is 2.12 bits per heavy atom. The van der Waals surface area contributed by atoms with Crippen LogP contribution < -0.4 is 0 Å². The summed E-state index contributed by atoms with van der Waals surface area (Å²) in [4.78, 5) is 15.9. The molecule has 5 nitrogen and oxygen atoms in total. The van der Waals surface area contributed by atoms with Crippen LogP contribution >= 0.6 is 0 Å². The maximum atomic E-state index is 12.1. The molecule has 0 saturated heterocycles. The molecule has 8 heteroatoms. The van der Waals surface area contributed by atoms with Crippen molar-refractivity contribution in [1.29, 1.82) is 0 Å². The summed E-state index contributed by atoms with van der Waals surface area (Å²) >= 11 is 0. The molecule has 16 heavy (non-hydrogen) atoms. The molecule has 0 aliphatic carbocycles. The predicted octanol–water partition coefficient (Wildman–Crippen LogP) is 1.14. The van der Waals surface area contributed by atoms with Gasteiger partial charge >= 0.3 is 6.18 Å². The number of amides is 1. The standard InChI is InChI=1S/C8H11F3N4O/c1-3-15(4-8(9,10)11)7(16)6-12-5(2)13-14-6/h3-4H2,1-2H3,(H,12,13,14). The van der Waals surface area contributed by atoms with Crippen LogP contribution in [-0.2, 0) is 0 Å². The van der Waals surface area contributed by atoms with Crippen LogP contribution in [0.25, 0.3) is 0 Å². The van der Waals surface area contributed by atoms with Crippen LogP contribution in [0.2, 0.25) is 0 Å². The van der Waals surface area contributed by atoms with Crippen LogP contribution in [0, 0.1) is 6.92 Å². The van der Waals surface area contributed by atoms with Gasteiger partial charge in [0.25, 0.3) is 5.91 Å². The van der Waals surface area contributed by atoms with E-state index in [-0.39, 0.29) is 12.4 Å². The van der Waals surface area contributed by atoms with Crippen molar-refractivity contribution in [2.45, 2.75) is 20.0 Å². The summed E-state index contributed by atoms with van der Waals surface area (Å²) in [5, 5.41) is 5.92. The molecule has 1 rings (SSSR count). The SMILES string of the molecule is CCN(CC(F)(F)F)C(=O)c1n[nH]c(C)n1. The minimum Gasteiger partial charge on any atom is -0.327 e. The number of aromatic amines is 1. The topological polar surface area (TPSA) is 61.9 Å². The van der Waals surface area contributed by atoms with Gasteiger partial charge < -0.3 is 4.90 Å². The van der Waals surface area contributed by atoms with E-state index in [0.29, 0.717) is 10.7 Å². The average Bonchev–Trinajstić information content (AvgIpc) is 2.58. The van der Waals surface area contributed by atoms with Crippen LogP contribution in [0.3, 0.4) is 0 Å². The molecule has 0 saturated carbocycles. The number of aryl methyl sites for hydroxylation is 1. The van der Waals surface area contributed by atoms with Gasteiger partial charge in [-0.1, -0.05) is 0 Å². The number of nitrogens with one attached hydrogen (secondary N) is 1. The first-order valence-electron chi connectivity index (χ1n) is 4.58. The highest BCUT2D eigenvalue weighted by Crippen LogP contribution is 2.17. The molecule has 0 aromatic carbocycles. The maximum Gasteiger partial charge on any atom is 0.406 e. The number of aromatic nitrogens is 3. The monoisotopic (exact) mass is 236 g/mol. The molecule has 1 heterocycles. The molecule has 0 radical (unpaired) electrons. The zero-order chi connectivity index (χ0) is 12.3. The Morgan fingerprint density at radius 1 is 1.50 bits per heavy atom. The van der Waals surface area contributed by atoms with Gasteiger partial charge in [-0.25, -0.2) is 4.98 Å². The molecule has 1 aromatic rings. The van der Waals surface area contributed by atoms with E-state index in [2.05, 4.69) is 15.2 Å². The summed E-state index contributed by atoms with van der Waals surface area (Å²) in [6.45, 7) is 1.68. The number of alkyl halides is 3. The van der Waals surface area contributed by atoms with Crippen molar-refractivity contribution < 1.29 is 18.0 Å². The first-order chi connectivity index (χ1) is 7.33. The molecule has 90 valence electrons. The van der Waals surface area contributed by atoms with Crippen LogP contribution in [-0.4, -0.2) is 45.3 Å². The normalized spacial score (nSPS) is 11.6. The number of hydrogen-bond acceptors (Lipinski definition) is 3. The summed E-state index contributed by atoms with van der Waals surface area (Å²) in [6.07, 6.45) is -4.42. The minimum atomic E-state index is -4.42. The second-order valence-electron chi connectivity index (χ2n) is 3.18. The lowest BCUT2D eigenvalue weighted by Gasteiger charge is -2.20. The third kappa shape index (κ3) is 3.21. The number of nitrogens with zero attached hydrogens (tertiary/aromatic N) is 3. The summed E-state index contributed by atoms with van der Waals surface area (Å²) < 4.78 is 36.4. The number of carbonyl (C=O) groups is 1. The number of rotatable bonds is 3. The van der Waals surface area contributed by atoms with Crippen molar-refractivity contribution in [3.8, 4) is 0 Å². The van der Waals surface area contributed by atoms with Crippen LogP contribution in [0.1, 0.15) is 23.4 Å². The van der Waals surface area contributed by atoms with Crippen LogP contribution in [0.5, 0.6) is 0 Å². The molecular formula is C8H11F3N4O. The van der Waals surface area contributed by atoms with E-state index in [1.165, 1.54) is 6.92 Å². The van der Waals surface area contributed by atoms with Gasteiger partial charge in [0.15, 0.2) is 0 Å². The highest BCUT2D eigenvalue weighted by molar-refractivity contribution is 5.90. The lowest BCUT2D eigenvalue weighted by molar-refractivity contribution is -0.140. The first kappa shape index (κ1) is 12.5. The Labute approximate surface area is 89.7 Å². The van der Waals surface area contributed by atoms with Crippen molar-refractivity contribution in [2.75, 3.05) is 13.1 Å². The largest absolute Gasteiger partial charge is 0.406 e. The number of hydrogen-bond donors (Lipinski definition) is 1. The summed E-state index contributed by atoms with van der Waals surface area (Å²) in [5.41, 5.74) is 0. The molecule has 0 bridgehead atoms.